The van der Waals surface area contributed by atoms with Crippen molar-refractivity contribution in [2.45, 2.75) is 17.7 Å². The van der Waals surface area contributed by atoms with Crippen molar-refractivity contribution in [3.05, 3.63) is 34.9 Å². The lowest BCUT2D eigenvalue weighted by Crippen LogP contribution is -2.12. The van der Waals surface area contributed by atoms with E-state index in [0.717, 1.165) is 17.8 Å². The highest BCUT2D eigenvalue weighted by Gasteiger charge is 2.33. The number of aromatic carboxylic acids is 1. The Morgan fingerprint density at radius 1 is 1.36 bits per heavy atom. The number of thioether (sulfide) groups is 1. The molecule has 0 fully saturated rings. The number of pyridine rings is 1. The molecule has 0 spiro atoms. The first-order chi connectivity index (χ1) is 10.3. The van der Waals surface area contributed by atoms with E-state index in [-0.39, 0.29) is 22.8 Å². The van der Waals surface area contributed by atoms with Gasteiger partial charge in [-0.05, 0) is 17.3 Å². The van der Waals surface area contributed by atoms with Crippen LogP contribution in [0.3, 0.4) is 0 Å². The van der Waals surface area contributed by atoms with E-state index >= 15 is 0 Å². The highest BCUT2D eigenvalue weighted by atomic mass is 32.2. The van der Waals surface area contributed by atoms with Crippen LogP contribution in [-0.2, 0) is 24.7 Å². The van der Waals surface area contributed by atoms with Crippen LogP contribution in [0.5, 0.6) is 0 Å². The molecule has 0 radical (unpaired) electrons. The number of hydrogen-bond donors (Lipinski definition) is 1. The van der Waals surface area contributed by atoms with E-state index in [1.807, 2.05) is 0 Å². The molecular weight excluding hydrogens is 323 g/mol. The largest absolute Gasteiger partial charge is 0.478 e. The lowest BCUT2D eigenvalue weighted by Gasteiger charge is -2.10. The molecule has 0 unspecified atom stereocenters. The van der Waals surface area contributed by atoms with Gasteiger partial charge in [0.25, 0.3) is 0 Å². The van der Waals surface area contributed by atoms with Crippen molar-refractivity contribution in [1.82, 2.24) is 25.2 Å². The van der Waals surface area contributed by atoms with Gasteiger partial charge in [-0.25, -0.2) is 9.78 Å². The van der Waals surface area contributed by atoms with Gasteiger partial charge < -0.3 is 5.11 Å². The van der Waals surface area contributed by atoms with Crippen molar-refractivity contribution in [3.8, 4) is 0 Å². The minimum Gasteiger partial charge on any atom is -0.478 e. The van der Waals surface area contributed by atoms with Crippen LogP contribution in [0.25, 0.3) is 0 Å². The van der Waals surface area contributed by atoms with Crippen LogP contribution >= 0.6 is 11.8 Å². The molecule has 11 heteroatoms. The first-order valence-electron chi connectivity index (χ1n) is 5.88. The van der Waals surface area contributed by atoms with Gasteiger partial charge in [0.15, 0.2) is 5.82 Å². The molecule has 1 N–H and O–H groups in total. The number of carboxylic acid groups (broad SMARTS) is 1. The van der Waals surface area contributed by atoms with Crippen LogP contribution in [-0.4, -0.2) is 36.3 Å². The number of alkyl halides is 3. The number of tetrazole rings is 1. The normalized spacial score (nSPS) is 11.6. The summed E-state index contributed by atoms with van der Waals surface area (Å²) in [5.41, 5.74) is -1.52. The third kappa shape index (κ3) is 3.93. The summed E-state index contributed by atoms with van der Waals surface area (Å²) >= 11 is 1.15. The molecule has 7 nitrogen and oxygen atoms in total. The molecule has 0 bridgehead atoms. The van der Waals surface area contributed by atoms with Crippen LogP contribution < -0.4 is 0 Å². The van der Waals surface area contributed by atoms with Crippen LogP contribution in [0, 0.1) is 0 Å². The molecule has 2 aromatic heterocycles. The summed E-state index contributed by atoms with van der Waals surface area (Å²) in [4.78, 5) is 15.7. The third-order valence-corrected chi connectivity index (χ3v) is 3.45. The molecule has 2 aromatic rings. The SMILES string of the molecule is Cn1nnc(CSCc2nc(C(F)(F)F)ccc2C(=O)O)n1. The molecule has 0 atom stereocenters. The molecule has 0 saturated carbocycles. The first-order valence-corrected chi connectivity index (χ1v) is 7.04. The topological polar surface area (TPSA) is 93.8 Å². The summed E-state index contributed by atoms with van der Waals surface area (Å²) in [5, 5.41) is 20.3. The van der Waals surface area contributed by atoms with Gasteiger partial charge in [-0.1, -0.05) is 0 Å². The van der Waals surface area contributed by atoms with Crippen molar-refractivity contribution in [2.75, 3.05) is 0 Å². The zero-order chi connectivity index (χ0) is 16.3. The van der Waals surface area contributed by atoms with Gasteiger partial charge in [0.05, 0.1) is 24.1 Å². The number of nitrogens with zero attached hydrogens (tertiary/aromatic N) is 5. The molecule has 0 aromatic carbocycles. The summed E-state index contributed by atoms with van der Waals surface area (Å²) in [6, 6.07) is 1.57. The Bertz CT molecular complexity index is 689. The minimum absolute atomic E-state index is 0.0101. The smallest absolute Gasteiger partial charge is 0.433 e. The second-order valence-electron chi connectivity index (χ2n) is 4.18. The first kappa shape index (κ1) is 16.2. The predicted molar refractivity (Wildman–Crippen MR) is 70.0 cm³/mol. The standard InChI is InChI=1S/C11H10F3N5O2S/c1-19-17-9(16-18-19)5-22-4-7-6(10(20)21)2-3-8(15-7)11(12,13)14/h2-3H,4-5H2,1H3,(H,20,21). The highest BCUT2D eigenvalue weighted by molar-refractivity contribution is 7.97. The van der Waals surface area contributed by atoms with Crippen LogP contribution in [0.1, 0.15) is 27.6 Å². The Hall–Kier alpha value is -2.17. The number of carbonyl (C=O) groups is 1. The number of halogens is 3. The Kier molecular flexibility index (Phi) is 4.64. The second kappa shape index (κ2) is 6.30. The Morgan fingerprint density at radius 3 is 2.64 bits per heavy atom. The quantitative estimate of drug-likeness (QED) is 0.891. The molecule has 0 aliphatic rings. The van der Waals surface area contributed by atoms with E-state index in [1.54, 1.807) is 7.05 Å². The van der Waals surface area contributed by atoms with Crippen LogP contribution in [0.2, 0.25) is 0 Å². The molecular formula is C11H10F3N5O2S. The van der Waals surface area contributed by atoms with Gasteiger partial charge in [-0.2, -0.15) is 18.0 Å². The lowest BCUT2D eigenvalue weighted by molar-refractivity contribution is -0.141. The van der Waals surface area contributed by atoms with Crippen molar-refractivity contribution in [2.24, 2.45) is 7.05 Å². The summed E-state index contributed by atoms with van der Waals surface area (Å²) in [6.07, 6.45) is -4.62. The molecule has 0 amide bonds. The summed E-state index contributed by atoms with van der Waals surface area (Å²) < 4.78 is 37.9. The number of hydrogen-bond acceptors (Lipinski definition) is 6. The Morgan fingerprint density at radius 2 is 2.09 bits per heavy atom. The van der Waals surface area contributed by atoms with E-state index in [1.165, 1.54) is 4.80 Å². The average molecular weight is 333 g/mol. The summed E-state index contributed by atoms with van der Waals surface area (Å²) in [7, 11) is 1.58. The molecule has 2 rings (SSSR count). The third-order valence-electron chi connectivity index (χ3n) is 2.51. The van der Waals surface area contributed by atoms with Crippen molar-refractivity contribution in [1.29, 1.82) is 0 Å². The lowest BCUT2D eigenvalue weighted by atomic mass is 10.2. The number of aryl methyl sites for hydroxylation is 1. The van der Waals surface area contributed by atoms with Crippen molar-refractivity contribution < 1.29 is 23.1 Å². The Labute approximate surface area is 126 Å². The number of aromatic nitrogens is 5. The number of rotatable bonds is 5. The van der Waals surface area contributed by atoms with Crippen molar-refractivity contribution in [3.63, 3.8) is 0 Å². The fourth-order valence-electron chi connectivity index (χ4n) is 1.58. The monoisotopic (exact) mass is 333 g/mol. The zero-order valence-electron chi connectivity index (χ0n) is 11.2. The zero-order valence-corrected chi connectivity index (χ0v) is 12.0. The minimum atomic E-state index is -4.62. The Balaban J connectivity index is 2.14. The van der Waals surface area contributed by atoms with Gasteiger partial charge in [-0.15, -0.1) is 22.0 Å². The summed E-state index contributed by atoms with van der Waals surface area (Å²) in [6.45, 7) is 0. The maximum absolute atomic E-state index is 12.6. The van der Waals surface area contributed by atoms with Gasteiger partial charge in [0.1, 0.15) is 5.69 Å². The highest BCUT2D eigenvalue weighted by Crippen LogP contribution is 2.29. The maximum atomic E-state index is 12.6. The summed E-state index contributed by atoms with van der Waals surface area (Å²) in [5.74, 6) is -0.653. The van der Waals surface area contributed by atoms with E-state index in [4.69, 9.17) is 5.11 Å². The molecule has 118 valence electrons. The molecule has 0 aliphatic heterocycles. The van der Waals surface area contributed by atoms with E-state index < -0.39 is 17.8 Å². The molecule has 2 heterocycles. The van der Waals surface area contributed by atoms with E-state index in [2.05, 4.69) is 20.4 Å². The predicted octanol–water partition coefficient (Wildman–Crippen LogP) is 1.76. The fourth-order valence-corrected chi connectivity index (χ4v) is 2.40. The van der Waals surface area contributed by atoms with E-state index in [0.29, 0.717) is 11.9 Å². The van der Waals surface area contributed by atoms with Gasteiger partial charge in [-0.3, -0.25) is 0 Å². The molecule has 0 saturated heterocycles. The molecule has 22 heavy (non-hydrogen) atoms. The van der Waals surface area contributed by atoms with Crippen LogP contribution in [0.15, 0.2) is 12.1 Å². The van der Waals surface area contributed by atoms with Gasteiger partial charge in [0, 0.05) is 5.75 Å². The van der Waals surface area contributed by atoms with Gasteiger partial charge >= 0.3 is 12.1 Å². The van der Waals surface area contributed by atoms with Crippen molar-refractivity contribution >= 4 is 17.7 Å². The van der Waals surface area contributed by atoms with Gasteiger partial charge in [0.2, 0.25) is 0 Å². The number of carboxylic acids is 1. The second-order valence-corrected chi connectivity index (χ2v) is 5.17. The van der Waals surface area contributed by atoms with Crippen LogP contribution in [0.4, 0.5) is 13.2 Å². The van der Waals surface area contributed by atoms with E-state index in [9.17, 15) is 18.0 Å². The maximum Gasteiger partial charge on any atom is 0.433 e. The average Bonchev–Trinajstić information content (AvgIpc) is 2.83. The molecule has 0 aliphatic carbocycles. The fraction of sp³-hybridized carbons (Fsp3) is 0.364.